The molecule has 8 heteroatoms. The molecule has 3 aromatic rings. The van der Waals surface area contributed by atoms with Crippen molar-refractivity contribution in [3.05, 3.63) is 102 Å². The van der Waals surface area contributed by atoms with E-state index in [1.165, 1.54) is 24.1 Å². The maximum Gasteiger partial charge on any atom is 0.243 e. The summed E-state index contributed by atoms with van der Waals surface area (Å²) in [7, 11) is -2.51. The van der Waals surface area contributed by atoms with E-state index in [2.05, 4.69) is 5.32 Å². The van der Waals surface area contributed by atoms with Crippen molar-refractivity contribution in [1.29, 1.82) is 0 Å². The highest BCUT2D eigenvalue weighted by atomic mass is 32.2. The summed E-state index contributed by atoms with van der Waals surface area (Å²) in [4.78, 5) is 28.7. The molecule has 37 heavy (non-hydrogen) atoms. The van der Waals surface area contributed by atoms with Gasteiger partial charge in [-0.2, -0.15) is 4.31 Å². The van der Waals surface area contributed by atoms with Crippen molar-refractivity contribution in [3.63, 3.8) is 0 Å². The Bertz CT molecular complexity index is 1280. The zero-order valence-electron chi connectivity index (χ0n) is 21.8. The average Bonchev–Trinajstić information content (AvgIpc) is 2.87. The van der Waals surface area contributed by atoms with E-state index in [9.17, 15) is 18.0 Å². The van der Waals surface area contributed by atoms with Crippen LogP contribution in [0.15, 0.2) is 89.8 Å². The largest absolute Gasteiger partial charge is 0.352 e. The van der Waals surface area contributed by atoms with Crippen LogP contribution in [-0.2, 0) is 32.6 Å². The normalized spacial score (nSPS) is 12.4. The van der Waals surface area contributed by atoms with Gasteiger partial charge in [0.1, 0.15) is 6.04 Å². The molecule has 0 aliphatic rings. The van der Waals surface area contributed by atoms with E-state index in [0.29, 0.717) is 6.42 Å². The molecule has 0 aliphatic carbocycles. The molecule has 0 unspecified atom stereocenters. The Hall–Kier alpha value is -3.49. The minimum absolute atomic E-state index is 0.112. The number of nitrogens with one attached hydrogen (secondary N) is 1. The minimum Gasteiger partial charge on any atom is -0.352 e. The Balaban J connectivity index is 1.95. The van der Waals surface area contributed by atoms with Crippen molar-refractivity contribution >= 4 is 21.8 Å². The van der Waals surface area contributed by atoms with Gasteiger partial charge in [0, 0.05) is 26.1 Å². The van der Waals surface area contributed by atoms with Crippen LogP contribution in [0.5, 0.6) is 0 Å². The molecule has 1 atom stereocenters. The van der Waals surface area contributed by atoms with Gasteiger partial charge in [-0.15, -0.1) is 0 Å². The van der Waals surface area contributed by atoms with Crippen LogP contribution >= 0.6 is 0 Å². The van der Waals surface area contributed by atoms with Crippen molar-refractivity contribution in [2.24, 2.45) is 0 Å². The first-order valence-electron chi connectivity index (χ1n) is 12.3. The molecule has 0 aliphatic heterocycles. The van der Waals surface area contributed by atoms with Crippen LogP contribution in [0, 0.1) is 6.92 Å². The fourth-order valence-electron chi connectivity index (χ4n) is 3.97. The molecule has 1 N–H and O–H groups in total. The number of sulfonamides is 1. The van der Waals surface area contributed by atoms with Crippen molar-refractivity contribution in [2.45, 2.75) is 50.7 Å². The van der Waals surface area contributed by atoms with E-state index in [-0.39, 0.29) is 23.4 Å². The molecule has 0 radical (unpaired) electrons. The zero-order chi connectivity index (χ0) is 27.0. The van der Waals surface area contributed by atoms with Crippen LogP contribution in [0.3, 0.4) is 0 Å². The monoisotopic (exact) mass is 521 g/mol. The van der Waals surface area contributed by atoms with Crippen LogP contribution < -0.4 is 5.32 Å². The Labute approximate surface area is 220 Å². The third-order valence-corrected chi connectivity index (χ3v) is 7.80. The minimum atomic E-state index is -3.90. The fraction of sp³-hybridized carbons (Fsp3) is 0.310. The molecule has 3 aromatic carbocycles. The standard InChI is InChI=1S/C29H35N3O4S/c1-22(2)30-29(34)27(19-24-11-7-5-8-12-24)32(20-25-13-9-6-10-14-25)28(33)21-31(4)37(35,36)26-17-15-23(3)16-18-26/h5-18,22,27H,19-21H2,1-4H3,(H,30,34)/t27-/m0/s1. The molecular formula is C29H35N3O4S. The number of aryl methyl sites for hydroxylation is 1. The molecule has 0 aromatic heterocycles. The fourth-order valence-corrected chi connectivity index (χ4v) is 5.09. The molecular weight excluding hydrogens is 486 g/mol. The highest BCUT2D eigenvalue weighted by Gasteiger charge is 2.33. The summed E-state index contributed by atoms with van der Waals surface area (Å²) in [5, 5.41) is 2.93. The van der Waals surface area contributed by atoms with E-state index in [0.717, 1.165) is 21.0 Å². The number of likely N-dealkylation sites (N-methyl/N-ethyl adjacent to an activating group) is 1. The molecule has 3 rings (SSSR count). The summed E-state index contributed by atoms with van der Waals surface area (Å²) in [5.41, 5.74) is 2.68. The molecule has 0 fully saturated rings. The Morgan fingerprint density at radius 2 is 1.38 bits per heavy atom. The van der Waals surface area contributed by atoms with E-state index in [4.69, 9.17) is 0 Å². The summed E-state index contributed by atoms with van der Waals surface area (Å²) in [5.74, 6) is -0.742. The van der Waals surface area contributed by atoms with Gasteiger partial charge in [0.05, 0.1) is 11.4 Å². The lowest BCUT2D eigenvalue weighted by atomic mass is 10.0. The Morgan fingerprint density at radius 1 is 0.838 bits per heavy atom. The van der Waals surface area contributed by atoms with Gasteiger partial charge in [-0.1, -0.05) is 78.4 Å². The van der Waals surface area contributed by atoms with Crippen molar-refractivity contribution in [3.8, 4) is 0 Å². The van der Waals surface area contributed by atoms with Gasteiger partial charge in [0.25, 0.3) is 0 Å². The Kier molecular flexibility index (Phi) is 9.60. The summed E-state index contributed by atoms with van der Waals surface area (Å²) in [6.07, 6.45) is 0.298. The number of rotatable bonds is 11. The first kappa shape index (κ1) is 28.1. The number of hydrogen-bond donors (Lipinski definition) is 1. The molecule has 2 amide bonds. The summed E-state index contributed by atoms with van der Waals surface area (Å²) >= 11 is 0. The van der Waals surface area contributed by atoms with Crippen LogP contribution in [0.25, 0.3) is 0 Å². The first-order chi connectivity index (χ1) is 17.6. The molecule has 0 heterocycles. The van der Waals surface area contributed by atoms with Gasteiger partial charge in [0.2, 0.25) is 21.8 Å². The van der Waals surface area contributed by atoms with Gasteiger partial charge in [-0.3, -0.25) is 9.59 Å². The lowest BCUT2D eigenvalue weighted by Crippen LogP contribution is -2.53. The summed E-state index contributed by atoms with van der Waals surface area (Å²) in [6, 6.07) is 24.4. The van der Waals surface area contributed by atoms with Crippen LogP contribution in [0.1, 0.15) is 30.5 Å². The van der Waals surface area contributed by atoms with Crippen LogP contribution in [-0.4, -0.2) is 55.1 Å². The van der Waals surface area contributed by atoms with Gasteiger partial charge < -0.3 is 10.2 Å². The predicted molar refractivity (Wildman–Crippen MR) is 145 cm³/mol. The maximum absolute atomic E-state index is 13.8. The molecule has 0 saturated carbocycles. The number of benzene rings is 3. The average molecular weight is 522 g/mol. The number of hydrogen-bond acceptors (Lipinski definition) is 4. The summed E-state index contributed by atoms with van der Waals surface area (Å²) in [6.45, 7) is 5.37. The molecule has 196 valence electrons. The topological polar surface area (TPSA) is 86.8 Å². The van der Waals surface area contributed by atoms with Gasteiger partial charge in [0.15, 0.2) is 0 Å². The number of carbonyl (C=O) groups excluding carboxylic acids is 2. The van der Waals surface area contributed by atoms with Gasteiger partial charge >= 0.3 is 0 Å². The van der Waals surface area contributed by atoms with E-state index >= 15 is 0 Å². The second-order valence-electron chi connectivity index (χ2n) is 9.45. The number of amides is 2. The number of carbonyl (C=O) groups is 2. The zero-order valence-corrected chi connectivity index (χ0v) is 22.6. The first-order valence-corrected chi connectivity index (χ1v) is 13.7. The highest BCUT2D eigenvalue weighted by Crippen LogP contribution is 2.18. The lowest BCUT2D eigenvalue weighted by Gasteiger charge is -2.33. The third kappa shape index (κ3) is 7.74. The molecule has 0 bridgehead atoms. The van der Waals surface area contributed by atoms with E-state index < -0.39 is 28.5 Å². The summed E-state index contributed by atoms with van der Waals surface area (Å²) < 4.78 is 27.4. The van der Waals surface area contributed by atoms with Crippen molar-refractivity contribution in [1.82, 2.24) is 14.5 Å². The molecule has 0 saturated heterocycles. The van der Waals surface area contributed by atoms with E-state index in [1.54, 1.807) is 12.1 Å². The highest BCUT2D eigenvalue weighted by molar-refractivity contribution is 7.89. The molecule has 7 nitrogen and oxygen atoms in total. The van der Waals surface area contributed by atoms with Crippen molar-refractivity contribution < 1.29 is 18.0 Å². The third-order valence-electron chi connectivity index (χ3n) is 5.98. The van der Waals surface area contributed by atoms with Gasteiger partial charge in [-0.05, 0) is 44.0 Å². The predicted octanol–water partition coefficient (Wildman–Crippen LogP) is 3.78. The maximum atomic E-state index is 13.8. The van der Waals surface area contributed by atoms with Crippen LogP contribution in [0.2, 0.25) is 0 Å². The van der Waals surface area contributed by atoms with Gasteiger partial charge in [-0.25, -0.2) is 8.42 Å². The smallest absolute Gasteiger partial charge is 0.243 e. The SMILES string of the molecule is Cc1ccc(S(=O)(=O)N(C)CC(=O)N(Cc2ccccc2)[C@@H](Cc2ccccc2)C(=O)NC(C)C)cc1. The number of nitrogens with zero attached hydrogens (tertiary/aromatic N) is 2. The second-order valence-corrected chi connectivity index (χ2v) is 11.5. The van der Waals surface area contributed by atoms with Crippen molar-refractivity contribution in [2.75, 3.05) is 13.6 Å². The molecule has 0 spiro atoms. The second kappa shape index (κ2) is 12.7. The lowest BCUT2D eigenvalue weighted by molar-refractivity contribution is -0.141. The Morgan fingerprint density at radius 3 is 1.92 bits per heavy atom. The van der Waals surface area contributed by atoms with E-state index in [1.807, 2.05) is 81.4 Å². The van der Waals surface area contributed by atoms with Crippen LogP contribution in [0.4, 0.5) is 0 Å². The quantitative estimate of drug-likeness (QED) is 0.416.